The predicted octanol–water partition coefficient (Wildman–Crippen LogP) is 1.20. The average molecular weight is 338 g/mol. The topological polar surface area (TPSA) is 81.9 Å². The summed E-state index contributed by atoms with van der Waals surface area (Å²) in [5.41, 5.74) is 7.36. The molecule has 0 aliphatic carbocycles. The van der Waals surface area contributed by atoms with Crippen LogP contribution in [0.1, 0.15) is 17.5 Å². The highest BCUT2D eigenvalue weighted by Crippen LogP contribution is 2.33. The van der Waals surface area contributed by atoms with Crippen molar-refractivity contribution in [1.29, 1.82) is 0 Å². The first-order valence-corrected chi connectivity index (χ1v) is 8.58. The summed E-state index contributed by atoms with van der Waals surface area (Å²) < 4.78 is 10.6. The molecular weight excluding hydrogens is 316 g/mol. The fraction of sp³-hybridized carbons (Fsp3) is 0.500. The summed E-state index contributed by atoms with van der Waals surface area (Å²) in [7, 11) is 3.22. The van der Waals surface area contributed by atoms with E-state index in [0.29, 0.717) is 36.8 Å². The van der Waals surface area contributed by atoms with E-state index in [1.807, 2.05) is 17.0 Å². The lowest BCUT2D eigenvalue weighted by Crippen LogP contribution is -2.36. The van der Waals surface area contributed by atoms with Gasteiger partial charge in [-0.05, 0) is 29.7 Å². The summed E-state index contributed by atoms with van der Waals surface area (Å²) in [4.78, 5) is 24.8. The Morgan fingerprint density at radius 1 is 1.22 bits per heavy atom. The van der Waals surface area contributed by atoms with E-state index in [2.05, 4.69) is 0 Å². The number of fused-ring (bicyclic) bond motifs is 1. The number of hydrogen-bond acceptors (Lipinski definition) is 5. The van der Waals surface area contributed by atoms with Gasteiger partial charge in [-0.2, -0.15) is 11.8 Å². The lowest BCUT2D eigenvalue weighted by Gasteiger charge is -2.29. The highest BCUT2D eigenvalue weighted by atomic mass is 32.2. The van der Waals surface area contributed by atoms with Crippen LogP contribution < -0.4 is 15.2 Å². The van der Waals surface area contributed by atoms with Crippen LogP contribution in [0.3, 0.4) is 0 Å². The molecule has 6 nitrogen and oxygen atoms in total. The standard InChI is InChI=1S/C16H22N2O4S/c1-21-13-7-11-3-5-18(9-12(11)8-14(13)22-2)16(20)4-6-23-10-15(17)19/h7-8H,3-6,9-10H2,1-2H3,(H2,17,19). The minimum absolute atomic E-state index is 0.0994. The largest absolute Gasteiger partial charge is 0.493 e. The van der Waals surface area contributed by atoms with Gasteiger partial charge >= 0.3 is 0 Å². The summed E-state index contributed by atoms with van der Waals surface area (Å²) in [5, 5.41) is 0. The maximum atomic E-state index is 12.3. The Morgan fingerprint density at radius 2 is 1.87 bits per heavy atom. The average Bonchev–Trinajstić information content (AvgIpc) is 2.56. The van der Waals surface area contributed by atoms with Gasteiger partial charge in [0.15, 0.2) is 11.5 Å². The van der Waals surface area contributed by atoms with Crippen LogP contribution in [0.15, 0.2) is 12.1 Å². The molecule has 1 aliphatic heterocycles. The molecule has 0 aromatic heterocycles. The Morgan fingerprint density at radius 3 is 2.48 bits per heavy atom. The van der Waals surface area contributed by atoms with E-state index in [0.717, 1.165) is 12.0 Å². The number of ether oxygens (including phenoxy) is 2. The number of carbonyl (C=O) groups is 2. The first kappa shape index (κ1) is 17.5. The highest BCUT2D eigenvalue weighted by Gasteiger charge is 2.22. The van der Waals surface area contributed by atoms with Crippen LogP contribution in [-0.2, 0) is 22.6 Å². The van der Waals surface area contributed by atoms with Gasteiger partial charge in [-0.25, -0.2) is 0 Å². The van der Waals surface area contributed by atoms with Crippen LogP contribution >= 0.6 is 11.8 Å². The van der Waals surface area contributed by atoms with Gasteiger partial charge in [-0.3, -0.25) is 9.59 Å². The minimum Gasteiger partial charge on any atom is -0.493 e. The molecule has 0 unspecified atom stereocenters. The molecule has 0 atom stereocenters. The number of amides is 2. The summed E-state index contributed by atoms with van der Waals surface area (Å²) in [6.45, 7) is 1.27. The molecule has 2 rings (SSSR count). The third-order valence-electron chi connectivity index (χ3n) is 3.78. The Bertz CT molecular complexity index is 592. The van der Waals surface area contributed by atoms with Gasteiger partial charge in [-0.15, -0.1) is 0 Å². The second-order valence-corrected chi connectivity index (χ2v) is 6.42. The molecule has 0 spiro atoms. The van der Waals surface area contributed by atoms with Crippen molar-refractivity contribution in [2.75, 3.05) is 32.3 Å². The van der Waals surface area contributed by atoms with Crippen molar-refractivity contribution >= 4 is 23.6 Å². The number of hydrogen-bond donors (Lipinski definition) is 1. The number of nitrogens with two attached hydrogens (primary N) is 1. The number of benzene rings is 1. The zero-order chi connectivity index (χ0) is 16.8. The lowest BCUT2D eigenvalue weighted by molar-refractivity contribution is -0.131. The number of thioether (sulfide) groups is 1. The molecular formula is C16H22N2O4S. The fourth-order valence-corrected chi connectivity index (χ4v) is 3.25. The van der Waals surface area contributed by atoms with Crippen LogP contribution in [-0.4, -0.2) is 49.0 Å². The van der Waals surface area contributed by atoms with Gasteiger partial charge in [0.2, 0.25) is 11.8 Å². The zero-order valence-electron chi connectivity index (χ0n) is 13.5. The summed E-state index contributed by atoms with van der Waals surface area (Å²) in [6, 6.07) is 3.92. The second kappa shape index (κ2) is 8.10. The quantitative estimate of drug-likeness (QED) is 0.756. The van der Waals surface area contributed by atoms with E-state index in [-0.39, 0.29) is 17.6 Å². The summed E-state index contributed by atoms with van der Waals surface area (Å²) in [5.74, 6) is 2.01. The Balaban J connectivity index is 1.96. The van der Waals surface area contributed by atoms with Gasteiger partial charge in [0.05, 0.1) is 20.0 Å². The zero-order valence-corrected chi connectivity index (χ0v) is 14.3. The molecule has 1 heterocycles. The van der Waals surface area contributed by atoms with Gasteiger partial charge in [-0.1, -0.05) is 0 Å². The molecule has 1 aromatic rings. The van der Waals surface area contributed by atoms with Crippen molar-refractivity contribution in [3.05, 3.63) is 23.3 Å². The minimum atomic E-state index is -0.351. The second-order valence-electron chi connectivity index (χ2n) is 5.31. The van der Waals surface area contributed by atoms with Crippen molar-refractivity contribution in [2.45, 2.75) is 19.4 Å². The van der Waals surface area contributed by atoms with Gasteiger partial charge < -0.3 is 20.1 Å². The smallest absolute Gasteiger partial charge is 0.227 e. The van der Waals surface area contributed by atoms with Gasteiger partial charge in [0.1, 0.15) is 0 Å². The van der Waals surface area contributed by atoms with Gasteiger partial charge in [0.25, 0.3) is 0 Å². The maximum absolute atomic E-state index is 12.3. The van der Waals surface area contributed by atoms with E-state index in [4.69, 9.17) is 15.2 Å². The predicted molar refractivity (Wildman–Crippen MR) is 89.8 cm³/mol. The van der Waals surface area contributed by atoms with E-state index < -0.39 is 0 Å². The molecule has 0 bridgehead atoms. The molecule has 2 amide bonds. The molecule has 23 heavy (non-hydrogen) atoms. The van der Waals surface area contributed by atoms with Gasteiger partial charge in [0, 0.05) is 25.3 Å². The molecule has 2 N–H and O–H groups in total. The Labute approximate surface area is 140 Å². The lowest BCUT2D eigenvalue weighted by atomic mass is 9.98. The molecule has 7 heteroatoms. The number of primary amides is 1. The van der Waals surface area contributed by atoms with Crippen LogP contribution in [0.2, 0.25) is 0 Å². The maximum Gasteiger partial charge on any atom is 0.227 e. The van der Waals surface area contributed by atoms with Crippen molar-refractivity contribution in [3.8, 4) is 11.5 Å². The van der Waals surface area contributed by atoms with E-state index >= 15 is 0 Å². The number of methoxy groups -OCH3 is 2. The highest BCUT2D eigenvalue weighted by molar-refractivity contribution is 7.99. The molecule has 0 saturated carbocycles. The first-order chi connectivity index (χ1) is 11.0. The first-order valence-electron chi connectivity index (χ1n) is 7.42. The van der Waals surface area contributed by atoms with E-state index in [1.165, 1.54) is 17.3 Å². The monoisotopic (exact) mass is 338 g/mol. The van der Waals surface area contributed by atoms with Crippen LogP contribution in [0, 0.1) is 0 Å². The third kappa shape index (κ3) is 4.54. The molecule has 0 radical (unpaired) electrons. The number of rotatable bonds is 7. The molecule has 126 valence electrons. The molecule has 1 aromatic carbocycles. The van der Waals surface area contributed by atoms with Crippen LogP contribution in [0.25, 0.3) is 0 Å². The molecule has 0 saturated heterocycles. The number of nitrogens with zero attached hydrogens (tertiary/aromatic N) is 1. The van der Waals surface area contributed by atoms with Crippen molar-refractivity contribution in [1.82, 2.24) is 4.90 Å². The Kier molecular flexibility index (Phi) is 6.15. The third-order valence-corrected chi connectivity index (χ3v) is 4.76. The van der Waals surface area contributed by atoms with Crippen molar-refractivity contribution < 1.29 is 19.1 Å². The van der Waals surface area contributed by atoms with E-state index in [1.54, 1.807) is 14.2 Å². The summed E-state index contributed by atoms with van der Waals surface area (Å²) in [6.07, 6.45) is 1.22. The fourth-order valence-electron chi connectivity index (χ4n) is 2.59. The number of carbonyl (C=O) groups excluding carboxylic acids is 2. The SMILES string of the molecule is COc1cc2c(cc1OC)CN(C(=O)CCSCC(N)=O)CC2. The molecule has 0 fully saturated rings. The van der Waals surface area contributed by atoms with Crippen molar-refractivity contribution in [3.63, 3.8) is 0 Å². The van der Waals surface area contributed by atoms with E-state index in [9.17, 15) is 9.59 Å². The van der Waals surface area contributed by atoms with Crippen molar-refractivity contribution in [2.24, 2.45) is 5.73 Å². The van der Waals surface area contributed by atoms with Crippen LogP contribution in [0.4, 0.5) is 0 Å². The Hall–Kier alpha value is -1.89. The van der Waals surface area contributed by atoms with Crippen LogP contribution in [0.5, 0.6) is 11.5 Å². The molecule has 1 aliphatic rings. The summed E-state index contributed by atoms with van der Waals surface area (Å²) >= 11 is 1.39. The normalized spacial score (nSPS) is 13.4.